The Kier molecular flexibility index (Phi) is 5.98. The molecule has 2 N–H and O–H groups in total. The van der Waals surface area contributed by atoms with Gasteiger partial charge in [0.15, 0.2) is 17.5 Å². The zero-order valence-corrected chi connectivity index (χ0v) is 24.2. The topological polar surface area (TPSA) is 162 Å². The first kappa shape index (κ1) is 28.4. The summed E-state index contributed by atoms with van der Waals surface area (Å²) in [5.74, 6) is -4.82. The van der Waals surface area contributed by atoms with Crippen LogP contribution in [0.1, 0.15) is 72.0 Å². The van der Waals surface area contributed by atoms with Crippen LogP contribution < -0.4 is 0 Å². The van der Waals surface area contributed by atoms with Crippen molar-refractivity contribution < 1.29 is 52.8 Å². The fraction of sp³-hybridized carbons (Fsp3) is 0.733. The Morgan fingerprint density at radius 2 is 1.88 bits per heavy atom. The van der Waals surface area contributed by atoms with Gasteiger partial charge in [-0.3, -0.25) is 14.4 Å². The number of cyclic esters (lactones) is 1. The molecule has 224 valence electrons. The summed E-state index contributed by atoms with van der Waals surface area (Å²) in [7, 11) is 1.15. The van der Waals surface area contributed by atoms with Crippen LogP contribution >= 0.6 is 0 Å². The summed E-state index contributed by atoms with van der Waals surface area (Å²) in [6.45, 7) is 8.64. The van der Waals surface area contributed by atoms with E-state index in [1.54, 1.807) is 40.0 Å². The molecule has 11 nitrogen and oxygen atoms in total. The molecule has 2 aliphatic heterocycles. The maximum absolute atomic E-state index is 14.6. The van der Waals surface area contributed by atoms with Gasteiger partial charge < -0.3 is 33.6 Å². The van der Waals surface area contributed by atoms with Gasteiger partial charge >= 0.3 is 17.9 Å². The van der Waals surface area contributed by atoms with Gasteiger partial charge in [-0.05, 0) is 18.9 Å². The SMILES string of the molecule is CCC(=O)O[C@@H]1C(C)(C)[C@@H]([C@H](O)C(=O)OC)[C@@]2(C)C(=O)[C@]1(O)[C@@H]1O[C@@]13C1CC(=O)O[C@H](c4ccoc4)[C@@]1(C)CCC32. The van der Waals surface area contributed by atoms with E-state index >= 15 is 0 Å². The molecule has 2 unspecified atom stereocenters. The van der Waals surface area contributed by atoms with Crippen molar-refractivity contribution in [3.05, 3.63) is 24.2 Å². The second kappa shape index (κ2) is 8.64. The molecule has 3 aliphatic carbocycles. The lowest BCUT2D eigenvalue weighted by Crippen LogP contribution is -2.81. The van der Waals surface area contributed by atoms with Crippen molar-refractivity contribution in [3.63, 3.8) is 0 Å². The summed E-state index contributed by atoms with van der Waals surface area (Å²) in [6, 6.07) is 1.75. The highest BCUT2D eigenvalue weighted by atomic mass is 16.6. The first-order valence-electron chi connectivity index (χ1n) is 14.3. The van der Waals surface area contributed by atoms with Crippen LogP contribution in [-0.4, -0.2) is 70.5 Å². The minimum Gasteiger partial charge on any atom is -0.472 e. The fourth-order valence-corrected chi connectivity index (χ4v) is 9.85. The van der Waals surface area contributed by atoms with E-state index in [-0.39, 0.29) is 12.8 Å². The maximum atomic E-state index is 14.6. The summed E-state index contributed by atoms with van der Waals surface area (Å²) in [4.78, 5) is 53.3. The lowest BCUT2D eigenvalue weighted by molar-refractivity contribution is -0.260. The minimum atomic E-state index is -2.28. The van der Waals surface area contributed by atoms with Gasteiger partial charge in [0.25, 0.3) is 0 Å². The first-order chi connectivity index (χ1) is 19.2. The number of epoxide rings is 1. The number of ketones is 1. The van der Waals surface area contributed by atoms with Crippen LogP contribution in [0.5, 0.6) is 0 Å². The quantitative estimate of drug-likeness (QED) is 0.301. The number of aliphatic hydroxyl groups excluding tert-OH is 1. The van der Waals surface area contributed by atoms with E-state index in [0.717, 1.165) is 7.11 Å². The summed E-state index contributed by atoms with van der Waals surface area (Å²) in [5.41, 5.74) is -6.17. The van der Waals surface area contributed by atoms with Crippen LogP contribution in [-0.2, 0) is 38.1 Å². The summed E-state index contributed by atoms with van der Waals surface area (Å²) >= 11 is 0. The van der Waals surface area contributed by atoms with Crippen molar-refractivity contribution in [1.82, 2.24) is 0 Å². The normalized spacial score (nSPS) is 46.2. The van der Waals surface area contributed by atoms with Crippen LogP contribution in [0.25, 0.3) is 0 Å². The molecule has 1 aromatic heterocycles. The standard InChI is InChI=1S/C30H38O11/c1-7-17(31)40-24-26(2,3)20(19(33)22(34)37-6)28(5)15-8-10-27(4)16(30(15)25(41-30)29(24,36)23(28)35)12-18(32)39-21(27)14-9-11-38-13-14/h9,11,13,15-16,19-21,24-25,33,36H,7-8,10,12H2,1-6H3/t15?,16?,19-,20+,21+,24+,25-,27-,28-,29+,30-/m0/s1. The first-order valence-corrected chi connectivity index (χ1v) is 14.3. The third-order valence-corrected chi connectivity index (χ3v) is 11.4. The van der Waals surface area contributed by atoms with Gasteiger partial charge in [-0.25, -0.2) is 4.79 Å². The number of rotatable bonds is 5. The van der Waals surface area contributed by atoms with Gasteiger partial charge in [0.05, 0.1) is 26.1 Å². The molecule has 0 aromatic carbocycles. The zero-order chi connectivity index (χ0) is 29.9. The number of carbonyl (C=O) groups is 4. The number of fused-ring (bicyclic) bond motifs is 5. The number of hydrogen-bond donors (Lipinski definition) is 2. The number of esters is 3. The molecule has 11 heteroatoms. The second-order valence-corrected chi connectivity index (χ2v) is 13.6. The van der Waals surface area contributed by atoms with E-state index in [0.29, 0.717) is 18.4 Å². The predicted octanol–water partition coefficient (Wildman–Crippen LogP) is 2.27. The Balaban J connectivity index is 1.55. The number of carbonyl (C=O) groups excluding carboxylic acids is 4. The van der Waals surface area contributed by atoms with Crippen LogP contribution in [0.4, 0.5) is 0 Å². The molecule has 11 atom stereocenters. The third kappa shape index (κ3) is 3.25. The van der Waals surface area contributed by atoms with Crippen LogP contribution in [0, 0.1) is 34.0 Å². The van der Waals surface area contributed by atoms with E-state index in [9.17, 15) is 29.4 Å². The molecular weight excluding hydrogens is 536 g/mol. The lowest BCUT2D eigenvalue weighted by Gasteiger charge is -2.67. The maximum Gasteiger partial charge on any atom is 0.335 e. The molecule has 0 radical (unpaired) electrons. The molecular formula is C30H38O11. The highest BCUT2D eigenvalue weighted by molar-refractivity contribution is 5.99. The number of hydrogen-bond acceptors (Lipinski definition) is 11. The Morgan fingerprint density at radius 1 is 1.17 bits per heavy atom. The Hall–Kier alpha value is -2.76. The largest absolute Gasteiger partial charge is 0.472 e. The molecule has 1 aromatic rings. The molecule has 6 rings (SSSR count). The van der Waals surface area contributed by atoms with E-state index in [2.05, 4.69) is 0 Å². The van der Waals surface area contributed by atoms with Crippen molar-refractivity contribution in [1.29, 1.82) is 0 Å². The molecule has 41 heavy (non-hydrogen) atoms. The molecule has 3 saturated carbocycles. The Morgan fingerprint density at radius 3 is 2.49 bits per heavy atom. The molecule has 2 bridgehead atoms. The lowest BCUT2D eigenvalue weighted by atomic mass is 9.36. The number of Topliss-reactive ketones (excluding diaryl/α,β-unsaturated/α-hetero) is 1. The highest BCUT2D eigenvalue weighted by Gasteiger charge is 2.91. The Labute approximate surface area is 237 Å². The van der Waals surface area contributed by atoms with Crippen LogP contribution in [0.3, 0.4) is 0 Å². The Bertz CT molecular complexity index is 1300. The van der Waals surface area contributed by atoms with E-state index in [1.807, 2.05) is 6.92 Å². The molecule has 0 amide bonds. The van der Waals surface area contributed by atoms with Gasteiger partial charge in [-0.1, -0.05) is 34.6 Å². The van der Waals surface area contributed by atoms with E-state index in [1.165, 1.54) is 6.26 Å². The number of ether oxygens (including phenoxy) is 4. The van der Waals surface area contributed by atoms with Gasteiger partial charge in [0.2, 0.25) is 0 Å². The van der Waals surface area contributed by atoms with Gasteiger partial charge in [-0.15, -0.1) is 0 Å². The summed E-state index contributed by atoms with van der Waals surface area (Å²) < 4.78 is 28.5. The average Bonchev–Trinajstić information content (AvgIpc) is 3.41. The zero-order valence-electron chi connectivity index (χ0n) is 24.2. The summed E-state index contributed by atoms with van der Waals surface area (Å²) in [6.07, 6.45) is -0.897. The number of furan rings is 1. The third-order valence-electron chi connectivity index (χ3n) is 11.4. The van der Waals surface area contributed by atoms with Crippen molar-refractivity contribution in [2.75, 3.05) is 7.11 Å². The van der Waals surface area contributed by atoms with Crippen LogP contribution in [0.2, 0.25) is 0 Å². The predicted molar refractivity (Wildman–Crippen MR) is 138 cm³/mol. The average molecular weight is 575 g/mol. The fourth-order valence-electron chi connectivity index (χ4n) is 9.85. The smallest absolute Gasteiger partial charge is 0.335 e. The monoisotopic (exact) mass is 574 g/mol. The number of methoxy groups -OCH3 is 1. The molecule has 5 fully saturated rings. The van der Waals surface area contributed by atoms with Crippen molar-refractivity contribution in [2.45, 2.75) is 95.9 Å². The van der Waals surface area contributed by atoms with Gasteiger partial charge in [0.1, 0.15) is 23.9 Å². The van der Waals surface area contributed by atoms with Crippen molar-refractivity contribution in [2.24, 2.45) is 34.0 Å². The number of aliphatic hydroxyl groups is 2. The molecule has 5 aliphatic rings. The molecule has 1 spiro atoms. The summed E-state index contributed by atoms with van der Waals surface area (Å²) in [5, 5.41) is 24.0. The highest BCUT2D eigenvalue weighted by Crippen LogP contribution is 2.78. The second-order valence-electron chi connectivity index (χ2n) is 13.6. The molecule has 3 heterocycles. The minimum absolute atomic E-state index is 0.00870. The van der Waals surface area contributed by atoms with E-state index < -0.39 is 93.3 Å². The van der Waals surface area contributed by atoms with Gasteiger partial charge in [0, 0.05) is 46.0 Å². The van der Waals surface area contributed by atoms with Crippen molar-refractivity contribution in [3.8, 4) is 0 Å². The van der Waals surface area contributed by atoms with Crippen molar-refractivity contribution >= 4 is 23.7 Å². The molecule has 2 saturated heterocycles. The van der Waals surface area contributed by atoms with Crippen LogP contribution in [0.15, 0.2) is 23.0 Å². The van der Waals surface area contributed by atoms with Gasteiger partial charge in [-0.2, -0.15) is 0 Å². The van der Waals surface area contributed by atoms with E-state index in [4.69, 9.17) is 23.4 Å².